The molecule has 2 aliphatic rings. The van der Waals surface area contributed by atoms with Crippen molar-refractivity contribution in [1.29, 1.82) is 0 Å². The maximum Gasteiger partial charge on any atom is 0.259 e. The van der Waals surface area contributed by atoms with Crippen molar-refractivity contribution in [3.05, 3.63) is 101 Å². The Balaban J connectivity index is 1.79. The molecule has 3 aromatic rings. The predicted octanol–water partition coefficient (Wildman–Crippen LogP) is 5.41. The van der Waals surface area contributed by atoms with Crippen LogP contribution in [0.1, 0.15) is 52.0 Å². The van der Waals surface area contributed by atoms with Crippen molar-refractivity contribution in [2.75, 3.05) is 4.90 Å². The molecule has 2 aliphatic heterocycles. The number of hydrogen-bond acceptors (Lipinski definition) is 1. The zero-order chi connectivity index (χ0) is 17.9. The van der Waals surface area contributed by atoms with Crippen LogP contribution in [0.5, 0.6) is 0 Å². The molecule has 0 fully saturated rings. The lowest BCUT2D eigenvalue weighted by atomic mass is 9.68. The van der Waals surface area contributed by atoms with Crippen LogP contribution >= 0.6 is 0 Å². The molecule has 0 radical (unpaired) electrons. The van der Waals surface area contributed by atoms with Gasteiger partial charge in [0.05, 0.1) is 6.04 Å². The summed E-state index contributed by atoms with van der Waals surface area (Å²) in [6, 6.07) is 25.4. The minimum Gasteiger partial charge on any atom is -0.300 e. The van der Waals surface area contributed by atoms with Crippen LogP contribution in [0, 0.1) is 6.92 Å². The van der Waals surface area contributed by atoms with Gasteiger partial charge in [-0.05, 0) is 42.2 Å². The van der Waals surface area contributed by atoms with Crippen molar-refractivity contribution in [2.45, 2.75) is 31.7 Å². The summed E-state index contributed by atoms with van der Waals surface area (Å²) < 4.78 is 0. The maximum atomic E-state index is 13.2. The summed E-state index contributed by atoms with van der Waals surface area (Å²) in [5, 5.41) is 0. The third-order valence-electron chi connectivity index (χ3n) is 6.10. The number of nitrogens with zero attached hydrogens (tertiary/aromatic N) is 1. The standard InChI is InChI=1S/C24H21NO/c1-16-12-13-21-20(14-16)24(2,17-8-4-3-5-9-17)15-22-18-10-6-7-11-19(18)23(26)25(21)22/h3-14,22H,15H2,1-2H3/t22-,24+/m0/s1. The highest BCUT2D eigenvalue weighted by Gasteiger charge is 2.48. The highest BCUT2D eigenvalue weighted by Crippen LogP contribution is 2.54. The molecule has 5 rings (SSSR count). The van der Waals surface area contributed by atoms with Crippen molar-refractivity contribution in [2.24, 2.45) is 0 Å². The Morgan fingerprint density at radius 3 is 2.50 bits per heavy atom. The Morgan fingerprint density at radius 2 is 1.69 bits per heavy atom. The van der Waals surface area contributed by atoms with E-state index in [9.17, 15) is 4.79 Å². The number of fused-ring (bicyclic) bond motifs is 5. The fourth-order valence-corrected chi connectivity index (χ4v) is 4.75. The maximum absolute atomic E-state index is 13.2. The average molecular weight is 339 g/mol. The zero-order valence-electron chi connectivity index (χ0n) is 15.1. The Hall–Kier alpha value is -2.87. The number of rotatable bonds is 1. The molecule has 2 atom stereocenters. The van der Waals surface area contributed by atoms with Crippen LogP contribution in [-0.2, 0) is 5.41 Å². The first kappa shape index (κ1) is 15.4. The van der Waals surface area contributed by atoms with E-state index >= 15 is 0 Å². The van der Waals surface area contributed by atoms with Crippen LogP contribution in [0.4, 0.5) is 5.69 Å². The van der Waals surface area contributed by atoms with E-state index in [0.29, 0.717) is 0 Å². The molecular weight excluding hydrogens is 318 g/mol. The summed E-state index contributed by atoms with van der Waals surface area (Å²) in [6.45, 7) is 4.45. The molecule has 0 aliphatic carbocycles. The molecule has 0 saturated heterocycles. The summed E-state index contributed by atoms with van der Waals surface area (Å²) in [4.78, 5) is 15.2. The van der Waals surface area contributed by atoms with Gasteiger partial charge in [-0.3, -0.25) is 4.79 Å². The third-order valence-corrected chi connectivity index (χ3v) is 6.10. The predicted molar refractivity (Wildman–Crippen MR) is 105 cm³/mol. The van der Waals surface area contributed by atoms with Gasteiger partial charge in [0, 0.05) is 16.7 Å². The van der Waals surface area contributed by atoms with Crippen LogP contribution < -0.4 is 4.90 Å². The summed E-state index contributed by atoms with van der Waals surface area (Å²) in [6.07, 6.45) is 0.899. The molecule has 2 heterocycles. The third kappa shape index (κ3) is 1.96. The Labute approximate surface area is 154 Å². The molecule has 0 aromatic heterocycles. The van der Waals surface area contributed by atoms with Crippen LogP contribution in [0.3, 0.4) is 0 Å². The van der Waals surface area contributed by atoms with E-state index in [-0.39, 0.29) is 17.4 Å². The largest absolute Gasteiger partial charge is 0.300 e. The molecule has 0 bridgehead atoms. The molecule has 128 valence electrons. The minimum absolute atomic E-state index is 0.0964. The molecule has 26 heavy (non-hydrogen) atoms. The van der Waals surface area contributed by atoms with E-state index in [2.05, 4.69) is 68.4 Å². The van der Waals surface area contributed by atoms with E-state index in [1.165, 1.54) is 16.7 Å². The average Bonchev–Trinajstić information content (AvgIpc) is 2.95. The van der Waals surface area contributed by atoms with E-state index in [1.54, 1.807) is 0 Å². The lowest BCUT2D eigenvalue weighted by Crippen LogP contribution is -2.41. The SMILES string of the molecule is Cc1ccc2c(c1)[C@@](C)(c1ccccc1)C[C@H]1c3ccccc3C(=O)N21. The van der Waals surface area contributed by atoms with Gasteiger partial charge in [0.15, 0.2) is 0 Å². The van der Waals surface area contributed by atoms with Gasteiger partial charge in [-0.2, -0.15) is 0 Å². The van der Waals surface area contributed by atoms with Crippen molar-refractivity contribution >= 4 is 11.6 Å². The molecule has 0 unspecified atom stereocenters. The van der Waals surface area contributed by atoms with Crippen molar-refractivity contribution in [1.82, 2.24) is 0 Å². The highest BCUT2D eigenvalue weighted by molar-refractivity contribution is 6.12. The van der Waals surface area contributed by atoms with E-state index in [0.717, 1.165) is 23.2 Å². The Kier molecular flexibility index (Phi) is 3.14. The van der Waals surface area contributed by atoms with Gasteiger partial charge in [0.2, 0.25) is 0 Å². The van der Waals surface area contributed by atoms with E-state index in [4.69, 9.17) is 0 Å². The van der Waals surface area contributed by atoms with Crippen LogP contribution in [-0.4, -0.2) is 5.91 Å². The molecule has 3 aromatic carbocycles. The van der Waals surface area contributed by atoms with Crippen LogP contribution in [0.2, 0.25) is 0 Å². The molecule has 2 nitrogen and oxygen atoms in total. The molecular formula is C24H21NO. The van der Waals surface area contributed by atoms with Gasteiger partial charge in [0.1, 0.15) is 0 Å². The van der Waals surface area contributed by atoms with Crippen LogP contribution in [0.25, 0.3) is 0 Å². The van der Waals surface area contributed by atoms with Gasteiger partial charge in [-0.15, -0.1) is 0 Å². The number of amides is 1. The van der Waals surface area contributed by atoms with Gasteiger partial charge in [-0.1, -0.05) is 73.2 Å². The van der Waals surface area contributed by atoms with Gasteiger partial charge < -0.3 is 4.90 Å². The first-order valence-corrected chi connectivity index (χ1v) is 9.19. The van der Waals surface area contributed by atoms with Crippen molar-refractivity contribution < 1.29 is 4.79 Å². The highest BCUT2D eigenvalue weighted by atomic mass is 16.2. The second kappa shape index (κ2) is 5.31. The first-order valence-electron chi connectivity index (χ1n) is 9.19. The van der Waals surface area contributed by atoms with Gasteiger partial charge in [0.25, 0.3) is 5.91 Å². The summed E-state index contributed by atoms with van der Waals surface area (Å²) in [5.41, 5.74) is 6.73. The lowest BCUT2D eigenvalue weighted by molar-refractivity contribution is 0.0986. The summed E-state index contributed by atoms with van der Waals surface area (Å²) in [7, 11) is 0. The first-order chi connectivity index (χ1) is 12.6. The van der Waals surface area contributed by atoms with E-state index in [1.807, 2.05) is 23.1 Å². The molecule has 0 spiro atoms. The fraction of sp³-hybridized carbons (Fsp3) is 0.208. The smallest absolute Gasteiger partial charge is 0.259 e. The number of anilines is 1. The summed E-state index contributed by atoms with van der Waals surface area (Å²) >= 11 is 0. The Bertz CT molecular complexity index is 1020. The monoisotopic (exact) mass is 339 g/mol. The zero-order valence-corrected chi connectivity index (χ0v) is 15.1. The Morgan fingerprint density at radius 1 is 0.962 bits per heavy atom. The normalized spacial score (nSPS) is 23.4. The quantitative estimate of drug-likeness (QED) is 0.581. The van der Waals surface area contributed by atoms with Gasteiger partial charge in [-0.25, -0.2) is 0 Å². The molecule has 1 amide bonds. The molecule has 0 N–H and O–H groups in total. The fourth-order valence-electron chi connectivity index (χ4n) is 4.75. The second-order valence-electron chi connectivity index (χ2n) is 7.70. The topological polar surface area (TPSA) is 20.3 Å². The van der Waals surface area contributed by atoms with Crippen molar-refractivity contribution in [3.63, 3.8) is 0 Å². The molecule has 2 heteroatoms. The van der Waals surface area contributed by atoms with E-state index < -0.39 is 0 Å². The van der Waals surface area contributed by atoms with Crippen molar-refractivity contribution in [3.8, 4) is 0 Å². The van der Waals surface area contributed by atoms with Gasteiger partial charge >= 0.3 is 0 Å². The number of carbonyl (C=O) groups excluding carboxylic acids is 1. The second-order valence-corrected chi connectivity index (χ2v) is 7.70. The number of hydrogen-bond donors (Lipinski definition) is 0. The molecule has 0 saturated carbocycles. The number of aryl methyl sites for hydroxylation is 1. The summed E-state index contributed by atoms with van der Waals surface area (Å²) in [5.74, 6) is 0.130. The lowest BCUT2D eigenvalue weighted by Gasteiger charge is -2.44. The van der Waals surface area contributed by atoms with Crippen LogP contribution in [0.15, 0.2) is 72.8 Å². The number of benzene rings is 3. The minimum atomic E-state index is -0.124. The number of carbonyl (C=O) groups is 1.